The van der Waals surface area contributed by atoms with E-state index >= 15 is 0 Å². The number of carbonyl (C=O) groups excluding carboxylic acids is 2. The van der Waals surface area contributed by atoms with Crippen LogP contribution in [0.1, 0.15) is 6.92 Å². The molecule has 0 fully saturated rings. The molecule has 0 amide bonds. The normalized spacial score (nSPS) is 8.12. The summed E-state index contributed by atoms with van der Waals surface area (Å²) in [4.78, 5) is 29.3. The van der Waals surface area contributed by atoms with Crippen LogP contribution in [0.2, 0.25) is 0 Å². The standard InChI is InChI=1S/C8H10O5.C2H6O/c1-3-7(9)11-5-6-12-13-8(10)4-2;1-2-3/h3-4H,1-2,5-6H2;3H,2H2,1H3. The van der Waals surface area contributed by atoms with Gasteiger partial charge in [0.15, 0.2) is 0 Å². The molecule has 0 heterocycles. The van der Waals surface area contributed by atoms with Gasteiger partial charge in [0.05, 0.1) is 0 Å². The fourth-order valence-electron chi connectivity index (χ4n) is 0.369. The number of hydrogen-bond acceptors (Lipinski definition) is 6. The fraction of sp³-hybridized carbons (Fsp3) is 0.400. The number of hydrogen-bond donors (Lipinski definition) is 1. The molecule has 0 aliphatic heterocycles. The predicted molar refractivity (Wildman–Crippen MR) is 56.2 cm³/mol. The fourth-order valence-corrected chi connectivity index (χ4v) is 0.369. The van der Waals surface area contributed by atoms with Crippen LogP contribution in [0.25, 0.3) is 0 Å². The molecule has 0 aliphatic rings. The topological polar surface area (TPSA) is 82.1 Å². The van der Waals surface area contributed by atoms with Crippen molar-refractivity contribution in [2.24, 2.45) is 0 Å². The first-order valence-electron chi connectivity index (χ1n) is 4.48. The summed E-state index contributed by atoms with van der Waals surface area (Å²) in [5, 5.41) is 7.57. The maximum absolute atomic E-state index is 10.4. The molecule has 1 N–H and O–H groups in total. The number of aliphatic hydroxyl groups excluding tert-OH is 1. The monoisotopic (exact) mass is 232 g/mol. The van der Waals surface area contributed by atoms with Crippen molar-refractivity contribution in [3.05, 3.63) is 25.3 Å². The van der Waals surface area contributed by atoms with Crippen LogP contribution in [-0.4, -0.2) is 36.9 Å². The van der Waals surface area contributed by atoms with Crippen LogP contribution < -0.4 is 0 Å². The van der Waals surface area contributed by atoms with Gasteiger partial charge in [-0.05, 0) is 6.92 Å². The molecule has 0 radical (unpaired) electrons. The lowest BCUT2D eigenvalue weighted by atomic mass is 10.6. The van der Waals surface area contributed by atoms with E-state index in [1.807, 2.05) is 0 Å². The largest absolute Gasteiger partial charge is 0.460 e. The van der Waals surface area contributed by atoms with Crippen molar-refractivity contribution in [1.29, 1.82) is 0 Å². The summed E-state index contributed by atoms with van der Waals surface area (Å²) < 4.78 is 4.51. The molecule has 0 atom stereocenters. The van der Waals surface area contributed by atoms with E-state index < -0.39 is 11.9 Å². The lowest BCUT2D eigenvalue weighted by molar-refractivity contribution is -0.270. The minimum absolute atomic E-state index is 0.00469. The van der Waals surface area contributed by atoms with E-state index in [-0.39, 0.29) is 19.8 Å². The number of rotatable bonds is 6. The molecule has 0 spiro atoms. The van der Waals surface area contributed by atoms with E-state index in [0.717, 1.165) is 12.2 Å². The lowest BCUT2D eigenvalue weighted by Gasteiger charge is -2.01. The van der Waals surface area contributed by atoms with Crippen LogP contribution in [-0.2, 0) is 24.1 Å². The van der Waals surface area contributed by atoms with Gasteiger partial charge in [0, 0.05) is 18.8 Å². The third-order valence-electron chi connectivity index (χ3n) is 0.885. The van der Waals surface area contributed by atoms with Gasteiger partial charge in [-0.25, -0.2) is 9.59 Å². The van der Waals surface area contributed by atoms with Crippen molar-refractivity contribution in [1.82, 2.24) is 0 Å². The molecule has 0 aromatic rings. The van der Waals surface area contributed by atoms with Gasteiger partial charge in [-0.2, -0.15) is 4.89 Å². The maximum Gasteiger partial charge on any atom is 0.365 e. The summed E-state index contributed by atoms with van der Waals surface area (Å²) in [6.07, 6.45) is 1.98. The Bertz CT molecular complexity index is 201. The third kappa shape index (κ3) is 14.8. The molecule has 0 unspecified atom stereocenters. The van der Waals surface area contributed by atoms with Crippen LogP contribution in [0.15, 0.2) is 25.3 Å². The van der Waals surface area contributed by atoms with Gasteiger partial charge < -0.3 is 9.84 Å². The molecule has 0 saturated heterocycles. The van der Waals surface area contributed by atoms with Crippen molar-refractivity contribution in [3.8, 4) is 0 Å². The van der Waals surface area contributed by atoms with E-state index in [0.29, 0.717) is 0 Å². The van der Waals surface area contributed by atoms with Gasteiger partial charge in [-0.3, -0.25) is 4.89 Å². The average Bonchev–Trinajstić information content (AvgIpc) is 2.29. The van der Waals surface area contributed by atoms with Gasteiger partial charge in [0.2, 0.25) is 0 Å². The summed E-state index contributed by atoms with van der Waals surface area (Å²) in [6, 6.07) is 0. The maximum atomic E-state index is 10.4. The first-order chi connectivity index (χ1) is 7.62. The molecule has 6 nitrogen and oxygen atoms in total. The van der Waals surface area contributed by atoms with Crippen molar-refractivity contribution in [3.63, 3.8) is 0 Å². The number of esters is 1. The molecule has 0 bridgehead atoms. The second kappa shape index (κ2) is 13.3. The molecule has 0 rings (SSSR count). The Morgan fingerprint density at radius 1 is 1.19 bits per heavy atom. The van der Waals surface area contributed by atoms with Crippen molar-refractivity contribution in [2.75, 3.05) is 19.8 Å². The van der Waals surface area contributed by atoms with Crippen LogP contribution in [0, 0.1) is 0 Å². The smallest absolute Gasteiger partial charge is 0.365 e. The van der Waals surface area contributed by atoms with Gasteiger partial charge in [-0.1, -0.05) is 13.2 Å². The van der Waals surface area contributed by atoms with Crippen LogP contribution >= 0.6 is 0 Å². The molecule has 0 aromatic heterocycles. The minimum Gasteiger partial charge on any atom is -0.460 e. The first kappa shape index (κ1) is 16.8. The predicted octanol–water partition coefficient (Wildman–Crippen LogP) is 0.375. The summed E-state index contributed by atoms with van der Waals surface area (Å²) in [7, 11) is 0. The van der Waals surface area contributed by atoms with Crippen molar-refractivity contribution < 1.29 is 29.2 Å². The minimum atomic E-state index is -0.699. The van der Waals surface area contributed by atoms with E-state index in [1.165, 1.54) is 0 Å². The van der Waals surface area contributed by atoms with Crippen LogP contribution in [0.3, 0.4) is 0 Å². The molecule has 0 aromatic carbocycles. The Labute approximate surface area is 94.0 Å². The second-order valence-electron chi connectivity index (χ2n) is 2.12. The summed E-state index contributed by atoms with van der Waals surface area (Å²) in [6.45, 7) is 8.23. The molecular formula is C10H16O6. The highest BCUT2D eigenvalue weighted by molar-refractivity contribution is 5.81. The molecule has 0 saturated carbocycles. The molecule has 0 aliphatic carbocycles. The SMILES string of the molecule is C=CC(=O)OCCOOC(=O)C=C.CCO. The van der Waals surface area contributed by atoms with E-state index in [2.05, 4.69) is 27.7 Å². The molecular weight excluding hydrogens is 216 g/mol. The zero-order valence-electron chi connectivity index (χ0n) is 9.18. The Kier molecular flexibility index (Phi) is 14.0. The van der Waals surface area contributed by atoms with Gasteiger partial charge in [0.1, 0.15) is 13.2 Å². The second-order valence-corrected chi connectivity index (χ2v) is 2.12. The zero-order valence-corrected chi connectivity index (χ0v) is 9.18. The van der Waals surface area contributed by atoms with Gasteiger partial charge >= 0.3 is 11.9 Å². The number of ether oxygens (including phenoxy) is 1. The molecule has 92 valence electrons. The van der Waals surface area contributed by atoms with Gasteiger partial charge in [0.25, 0.3) is 0 Å². The van der Waals surface area contributed by atoms with Crippen LogP contribution in [0.4, 0.5) is 0 Å². The third-order valence-corrected chi connectivity index (χ3v) is 0.885. The average molecular weight is 232 g/mol. The van der Waals surface area contributed by atoms with E-state index in [9.17, 15) is 9.59 Å². The highest BCUT2D eigenvalue weighted by Gasteiger charge is 1.98. The molecule has 6 heteroatoms. The first-order valence-corrected chi connectivity index (χ1v) is 4.48. The van der Waals surface area contributed by atoms with Crippen molar-refractivity contribution >= 4 is 11.9 Å². The van der Waals surface area contributed by atoms with E-state index in [4.69, 9.17) is 5.11 Å². The number of carbonyl (C=O) groups is 2. The zero-order chi connectivity index (χ0) is 12.8. The van der Waals surface area contributed by atoms with Gasteiger partial charge in [-0.15, -0.1) is 0 Å². The highest BCUT2D eigenvalue weighted by atomic mass is 17.2. The number of aliphatic hydroxyl groups is 1. The Morgan fingerprint density at radius 2 is 1.69 bits per heavy atom. The highest BCUT2D eigenvalue weighted by Crippen LogP contribution is 1.84. The summed E-state index contributed by atoms with van der Waals surface area (Å²) in [5.41, 5.74) is 0. The summed E-state index contributed by atoms with van der Waals surface area (Å²) in [5.74, 6) is -1.26. The Balaban J connectivity index is 0. The molecule has 16 heavy (non-hydrogen) atoms. The van der Waals surface area contributed by atoms with E-state index in [1.54, 1.807) is 6.92 Å². The Hall–Kier alpha value is -1.66. The lowest BCUT2D eigenvalue weighted by Crippen LogP contribution is -2.10. The Morgan fingerprint density at radius 3 is 2.12 bits per heavy atom. The quantitative estimate of drug-likeness (QED) is 0.234. The summed E-state index contributed by atoms with van der Waals surface area (Å²) >= 11 is 0. The van der Waals surface area contributed by atoms with Crippen LogP contribution in [0.5, 0.6) is 0 Å². The van der Waals surface area contributed by atoms with Crippen molar-refractivity contribution in [2.45, 2.75) is 6.92 Å².